The third-order valence-electron chi connectivity index (χ3n) is 8.67. The number of halogens is 1. The van der Waals surface area contributed by atoms with Crippen LogP contribution in [0.15, 0.2) is 91.3 Å². The number of ketones is 1. The number of hydrogen-bond donors (Lipinski definition) is 1. The summed E-state index contributed by atoms with van der Waals surface area (Å²) in [7, 11) is 1.56. The first kappa shape index (κ1) is 31.2. The van der Waals surface area contributed by atoms with Crippen LogP contribution in [0.4, 0.5) is 15.9 Å². The molecule has 2 aliphatic rings. The lowest BCUT2D eigenvalue weighted by Gasteiger charge is -2.27. The Morgan fingerprint density at radius 3 is 2.54 bits per heavy atom. The van der Waals surface area contributed by atoms with Gasteiger partial charge in [0.25, 0.3) is 5.91 Å². The Labute approximate surface area is 277 Å². The van der Waals surface area contributed by atoms with Gasteiger partial charge in [-0.15, -0.1) is 0 Å². The molecule has 244 valence electrons. The zero-order valence-electron chi connectivity index (χ0n) is 26.4. The standard InChI is InChI=1S/C37H34FN5O5/c1-46-33-20-31-28(19-34(33)48-23-42-13-15-47-16-14-42)36(40-22-39-31)41-30-12-11-24(17-29(30)38)18-32(44)35(25-7-3-2-4-8-25)43-21-26-9-5-6-10-27(26)37(43)45/h2-12,17,19-20,22,35H,13-16,18,21,23H2,1H3,(H,39,40,41). The van der Waals surface area contributed by atoms with E-state index in [9.17, 15) is 9.59 Å². The Bertz CT molecular complexity index is 1970. The predicted molar refractivity (Wildman–Crippen MR) is 178 cm³/mol. The molecule has 0 aliphatic carbocycles. The van der Waals surface area contributed by atoms with Gasteiger partial charge in [-0.05, 0) is 41.0 Å². The highest BCUT2D eigenvalue weighted by atomic mass is 19.1. The largest absolute Gasteiger partial charge is 0.493 e. The predicted octanol–water partition coefficient (Wildman–Crippen LogP) is 5.70. The molecular weight excluding hydrogens is 613 g/mol. The number of carbonyl (C=O) groups is 2. The van der Waals surface area contributed by atoms with Crippen LogP contribution in [0, 0.1) is 5.82 Å². The van der Waals surface area contributed by atoms with Crippen LogP contribution in [0.3, 0.4) is 0 Å². The summed E-state index contributed by atoms with van der Waals surface area (Å²) in [6, 6.07) is 24.0. The van der Waals surface area contributed by atoms with Crippen LogP contribution in [0.5, 0.6) is 11.5 Å². The van der Waals surface area contributed by atoms with Crippen LogP contribution in [0.2, 0.25) is 0 Å². The first-order chi connectivity index (χ1) is 23.5. The molecular formula is C37H34FN5O5. The SMILES string of the molecule is COc1cc2ncnc(Nc3ccc(CC(=O)C(c4ccccc4)N4Cc5ccccc5C4=O)cc3F)c2cc1OCN1CCOCC1. The van der Waals surface area contributed by atoms with Crippen LogP contribution < -0.4 is 14.8 Å². The average Bonchev–Trinajstić information content (AvgIpc) is 3.44. The minimum atomic E-state index is -0.809. The van der Waals surface area contributed by atoms with Gasteiger partial charge in [-0.2, -0.15) is 0 Å². The van der Waals surface area contributed by atoms with Gasteiger partial charge in [0, 0.05) is 43.1 Å². The molecule has 48 heavy (non-hydrogen) atoms. The van der Waals surface area contributed by atoms with Gasteiger partial charge in [0.1, 0.15) is 30.7 Å². The van der Waals surface area contributed by atoms with E-state index in [0.29, 0.717) is 71.4 Å². The van der Waals surface area contributed by atoms with Crippen LogP contribution in [-0.4, -0.2) is 71.6 Å². The molecule has 1 unspecified atom stereocenters. The van der Waals surface area contributed by atoms with Gasteiger partial charge in [0.2, 0.25) is 0 Å². The molecule has 2 aliphatic heterocycles. The number of morpholine rings is 1. The van der Waals surface area contributed by atoms with Gasteiger partial charge >= 0.3 is 0 Å². The maximum absolute atomic E-state index is 15.6. The zero-order valence-corrected chi connectivity index (χ0v) is 26.4. The minimum Gasteiger partial charge on any atom is -0.493 e. The monoisotopic (exact) mass is 647 g/mol. The van der Waals surface area contributed by atoms with Crippen molar-refractivity contribution in [2.75, 3.05) is 45.5 Å². The molecule has 1 N–H and O–H groups in total. The highest BCUT2D eigenvalue weighted by Crippen LogP contribution is 2.36. The minimum absolute atomic E-state index is 0.0586. The molecule has 1 aromatic heterocycles. The Kier molecular flexibility index (Phi) is 8.95. The molecule has 10 nitrogen and oxygen atoms in total. The van der Waals surface area contributed by atoms with Crippen molar-refractivity contribution < 1.29 is 28.2 Å². The fourth-order valence-corrected chi connectivity index (χ4v) is 6.18. The molecule has 1 saturated heterocycles. The van der Waals surface area contributed by atoms with Gasteiger partial charge in [0.15, 0.2) is 17.3 Å². The lowest BCUT2D eigenvalue weighted by Crippen LogP contribution is -2.38. The van der Waals surface area contributed by atoms with Gasteiger partial charge in [-0.1, -0.05) is 54.6 Å². The molecule has 1 amide bonds. The highest BCUT2D eigenvalue weighted by molar-refractivity contribution is 6.02. The summed E-state index contributed by atoms with van der Waals surface area (Å²) in [5, 5.41) is 3.71. The van der Waals surface area contributed by atoms with E-state index in [0.717, 1.165) is 18.7 Å². The second-order valence-corrected chi connectivity index (χ2v) is 11.7. The van der Waals surface area contributed by atoms with Crippen LogP contribution in [0.25, 0.3) is 10.9 Å². The van der Waals surface area contributed by atoms with Crippen molar-refractivity contribution in [3.8, 4) is 11.5 Å². The third kappa shape index (κ3) is 6.42. The van der Waals surface area contributed by atoms with Crippen molar-refractivity contribution in [1.82, 2.24) is 19.8 Å². The molecule has 0 bridgehead atoms. The van der Waals surface area contributed by atoms with Gasteiger partial charge in [-0.25, -0.2) is 14.4 Å². The molecule has 11 heteroatoms. The molecule has 7 rings (SSSR count). The molecule has 0 spiro atoms. The van der Waals surface area contributed by atoms with Crippen LogP contribution in [-0.2, 0) is 22.5 Å². The first-order valence-electron chi connectivity index (χ1n) is 15.8. The number of ether oxygens (including phenoxy) is 3. The Balaban J connectivity index is 1.11. The van der Waals surface area contributed by atoms with Crippen molar-refractivity contribution >= 4 is 34.1 Å². The maximum Gasteiger partial charge on any atom is 0.255 e. The zero-order chi connectivity index (χ0) is 33.0. The van der Waals surface area contributed by atoms with Crippen molar-refractivity contribution in [3.63, 3.8) is 0 Å². The Morgan fingerprint density at radius 2 is 1.77 bits per heavy atom. The van der Waals surface area contributed by atoms with Crippen molar-refractivity contribution in [3.05, 3.63) is 119 Å². The normalized spacial score (nSPS) is 15.3. The number of benzene rings is 4. The average molecular weight is 648 g/mol. The first-order valence-corrected chi connectivity index (χ1v) is 15.8. The summed E-state index contributed by atoms with van der Waals surface area (Å²) in [4.78, 5) is 39.8. The summed E-state index contributed by atoms with van der Waals surface area (Å²) in [5.74, 6) is 0.471. The van der Waals surface area contributed by atoms with Crippen molar-refractivity contribution in [2.24, 2.45) is 0 Å². The number of Topliss-reactive ketones (excluding diaryl/α,β-unsaturated/α-hetero) is 1. The van der Waals surface area contributed by atoms with Gasteiger partial charge in [-0.3, -0.25) is 14.5 Å². The van der Waals surface area contributed by atoms with Gasteiger partial charge in [0.05, 0.1) is 31.5 Å². The second kappa shape index (κ2) is 13.8. The number of anilines is 2. The molecule has 3 heterocycles. The van der Waals surface area contributed by atoms with Crippen LogP contribution in [0.1, 0.15) is 33.1 Å². The fourth-order valence-electron chi connectivity index (χ4n) is 6.18. The number of nitrogens with zero attached hydrogens (tertiary/aromatic N) is 4. The van der Waals surface area contributed by atoms with E-state index in [-0.39, 0.29) is 23.8 Å². The summed E-state index contributed by atoms with van der Waals surface area (Å²) in [6.07, 6.45) is 1.34. The molecule has 4 aromatic carbocycles. The fraction of sp³-hybridized carbons (Fsp3) is 0.243. The van der Waals surface area contributed by atoms with E-state index in [1.165, 1.54) is 12.4 Å². The molecule has 5 aromatic rings. The number of fused-ring (bicyclic) bond motifs is 2. The summed E-state index contributed by atoms with van der Waals surface area (Å²) < 4.78 is 32.7. The van der Waals surface area contributed by atoms with E-state index in [2.05, 4.69) is 20.2 Å². The van der Waals surface area contributed by atoms with Crippen molar-refractivity contribution in [2.45, 2.75) is 19.0 Å². The second-order valence-electron chi connectivity index (χ2n) is 11.7. The van der Waals surface area contributed by atoms with Gasteiger partial charge < -0.3 is 24.4 Å². The van der Waals surface area contributed by atoms with E-state index in [1.54, 1.807) is 42.3 Å². The number of aromatic nitrogens is 2. The quantitative estimate of drug-likeness (QED) is 0.193. The Morgan fingerprint density at radius 1 is 0.979 bits per heavy atom. The summed E-state index contributed by atoms with van der Waals surface area (Å²) in [6.45, 7) is 3.53. The molecule has 0 radical (unpaired) electrons. The number of amides is 1. The number of hydrogen-bond acceptors (Lipinski definition) is 9. The number of methoxy groups -OCH3 is 1. The van der Waals surface area contributed by atoms with E-state index < -0.39 is 11.9 Å². The Hall–Kier alpha value is -5.39. The van der Waals surface area contributed by atoms with Crippen LogP contribution >= 0.6 is 0 Å². The highest BCUT2D eigenvalue weighted by Gasteiger charge is 2.37. The topological polar surface area (TPSA) is 106 Å². The van der Waals surface area contributed by atoms with E-state index >= 15 is 4.39 Å². The molecule has 1 fully saturated rings. The van der Waals surface area contributed by atoms with E-state index in [1.807, 2.05) is 48.5 Å². The number of carbonyl (C=O) groups excluding carboxylic acids is 2. The lowest BCUT2D eigenvalue weighted by molar-refractivity contribution is -0.123. The lowest BCUT2D eigenvalue weighted by atomic mass is 9.96. The number of rotatable bonds is 11. The third-order valence-corrected chi connectivity index (χ3v) is 8.67. The summed E-state index contributed by atoms with van der Waals surface area (Å²) in [5.41, 5.74) is 3.45. The van der Waals surface area contributed by atoms with E-state index in [4.69, 9.17) is 14.2 Å². The molecule has 0 saturated carbocycles. The van der Waals surface area contributed by atoms with Crippen molar-refractivity contribution in [1.29, 1.82) is 0 Å². The molecule has 1 atom stereocenters. The number of nitrogens with one attached hydrogen (secondary N) is 1. The summed E-state index contributed by atoms with van der Waals surface area (Å²) >= 11 is 0. The maximum atomic E-state index is 15.6. The smallest absolute Gasteiger partial charge is 0.255 e.